The first kappa shape index (κ1) is 23.2. The van der Waals surface area contributed by atoms with Crippen molar-refractivity contribution in [1.29, 1.82) is 0 Å². The molecule has 2 aromatic carbocycles. The predicted octanol–water partition coefficient (Wildman–Crippen LogP) is 4.93. The van der Waals surface area contributed by atoms with E-state index in [2.05, 4.69) is 18.8 Å². The summed E-state index contributed by atoms with van der Waals surface area (Å²) in [5.41, 5.74) is 1.35. The highest BCUT2D eigenvalue weighted by molar-refractivity contribution is 7.89. The van der Waals surface area contributed by atoms with E-state index in [9.17, 15) is 13.2 Å². The summed E-state index contributed by atoms with van der Waals surface area (Å²) in [7, 11) is -3.55. The van der Waals surface area contributed by atoms with E-state index in [1.807, 2.05) is 22.8 Å². The lowest BCUT2D eigenvalue weighted by molar-refractivity contribution is 0.0997. The average Bonchev–Trinajstić information content (AvgIpc) is 3.10. The van der Waals surface area contributed by atoms with Crippen LogP contribution in [0, 0.1) is 5.92 Å². The highest BCUT2D eigenvalue weighted by Gasteiger charge is 2.28. The third kappa shape index (κ3) is 4.69. The van der Waals surface area contributed by atoms with Crippen LogP contribution < -0.4 is 4.80 Å². The molecule has 0 radical (unpaired) electrons. The number of nitrogens with zero attached hydrogens (tertiary/aromatic N) is 3. The molecule has 0 bridgehead atoms. The van der Waals surface area contributed by atoms with Crippen molar-refractivity contribution in [2.75, 3.05) is 13.1 Å². The Balaban J connectivity index is 1.63. The lowest BCUT2D eigenvalue weighted by Crippen LogP contribution is -2.39. The molecule has 0 saturated carbocycles. The van der Waals surface area contributed by atoms with Crippen molar-refractivity contribution in [1.82, 2.24) is 8.87 Å². The maximum Gasteiger partial charge on any atom is 0.279 e. The third-order valence-electron chi connectivity index (χ3n) is 5.65. The van der Waals surface area contributed by atoms with E-state index in [0.29, 0.717) is 34.4 Å². The Morgan fingerprint density at radius 1 is 1.22 bits per heavy atom. The Hall–Kier alpha value is -2.00. The van der Waals surface area contributed by atoms with Gasteiger partial charge in [-0.2, -0.15) is 9.30 Å². The number of halogens is 1. The van der Waals surface area contributed by atoms with Crippen LogP contribution in [0.5, 0.6) is 0 Å². The molecule has 2 heterocycles. The largest absolute Gasteiger partial charge is 0.316 e. The number of hydrogen-bond donors (Lipinski definition) is 0. The number of carbonyl (C=O) groups excluding carboxylic acids is 1. The summed E-state index contributed by atoms with van der Waals surface area (Å²) < 4.78 is 30.4. The smallest absolute Gasteiger partial charge is 0.279 e. The Labute approximate surface area is 197 Å². The van der Waals surface area contributed by atoms with Gasteiger partial charge in [-0.3, -0.25) is 4.79 Å². The van der Waals surface area contributed by atoms with E-state index in [0.717, 1.165) is 36.0 Å². The number of carbonyl (C=O) groups is 1. The zero-order valence-corrected chi connectivity index (χ0v) is 20.5. The van der Waals surface area contributed by atoms with Gasteiger partial charge in [0.25, 0.3) is 5.91 Å². The number of benzene rings is 2. The summed E-state index contributed by atoms with van der Waals surface area (Å²) in [5.74, 6) is -0.0489. The van der Waals surface area contributed by atoms with Crippen molar-refractivity contribution in [3.05, 3.63) is 57.9 Å². The number of aromatic nitrogens is 1. The summed E-state index contributed by atoms with van der Waals surface area (Å²) >= 11 is 7.54. The molecule has 1 unspecified atom stereocenters. The van der Waals surface area contributed by atoms with Gasteiger partial charge in [0.1, 0.15) is 0 Å². The molecule has 9 heteroatoms. The van der Waals surface area contributed by atoms with Crippen LogP contribution in [0.25, 0.3) is 10.2 Å². The number of amides is 1. The first-order valence-corrected chi connectivity index (χ1v) is 13.4. The lowest BCUT2D eigenvalue weighted by Gasteiger charge is -2.30. The Bertz CT molecular complexity index is 1310. The number of hydrogen-bond acceptors (Lipinski definition) is 4. The van der Waals surface area contributed by atoms with Gasteiger partial charge < -0.3 is 4.57 Å². The highest BCUT2D eigenvalue weighted by Crippen LogP contribution is 2.24. The van der Waals surface area contributed by atoms with Crippen molar-refractivity contribution in [2.45, 2.75) is 44.6 Å². The molecule has 3 aromatic rings. The van der Waals surface area contributed by atoms with Crippen molar-refractivity contribution >= 4 is 49.1 Å². The van der Waals surface area contributed by atoms with Gasteiger partial charge in [-0.1, -0.05) is 36.8 Å². The molecule has 4 rings (SSSR count). The maximum absolute atomic E-state index is 13.0. The zero-order valence-electron chi connectivity index (χ0n) is 18.1. The first-order valence-electron chi connectivity index (χ1n) is 10.8. The molecule has 1 aromatic heterocycles. The van der Waals surface area contributed by atoms with E-state index < -0.39 is 15.9 Å². The topological polar surface area (TPSA) is 71.7 Å². The molecule has 6 nitrogen and oxygen atoms in total. The molecule has 1 aliphatic rings. The van der Waals surface area contributed by atoms with Crippen LogP contribution in [-0.2, 0) is 16.6 Å². The standard InChI is InChI=1S/C23H26ClN3O3S2/c1-3-12-27-20-11-8-18(24)14-21(20)31-23(27)25-22(28)17-6-9-19(10-7-17)32(29,30)26-13-4-5-16(2)15-26/h6-11,14,16H,3-5,12-13,15H2,1-2H3. The zero-order chi connectivity index (χ0) is 22.9. The number of thiazole rings is 1. The summed E-state index contributed by atoms with van der Waals surface area (Å²) in [4.78, 5) is 18.0. The van der Waals surface area contributed by atoms with Crippen molar-refractivity contribution in [3.63, 3.8) is 0 Å². The molecule has 32 heavy (non-hydrogen) atoms. The van der Waals surface area contributed by atoms with Crippen molar-refractivity contribution in [3.8, 4) is 0 Å². The summed E-state index contributed by atoms with van der Waals surface area (Å²) in [5, 5.41) is 0.639. The van der Waals surface area contributed by atoms with Crippen LogP contribution in [0.2, 0.25) is 5.02 Å². The van der Waals surface area contributed by atoms with Crippen LogP contribution in [0.4, 0.5) is 0 Å². The quantitative estimate of drug-likeness (QED) is 0.508. The summed E-state index contributed by atoms with van der Waals surface area (Å²) in [6.07, 6.45) is 2.81. The van der Waals surface area contributed by atoms with Crippen LogP contribution in [-0.4, -0.2) is 36.3 Å². The van der Waals surface area contributed by atoms with E-state index >= 15 is 0 Å². The van der Waals surface area contributed by atoms with E-state index in [-0.39, 0.29) is 4.90 Å². The van der Waals surface area contributed by atoms with Gasteiger partial charge in [-0.05, 0) is 67.6 Å². The number of sulfonamides is 1. The number of aryl methyl sites for hydroxylation is 1. The molecule has 1 aliphatic heterocycles. The summed E-state index contributed by atoms with van der Waals surface area (Å²) in [6, 6.07) is 11.7. The molecule has 1 fully saturated rings. The van der Waals surface area contributed by atoms with Gasteiger partial charge in [0, 0.05) is 30.2 Å². The number of fused-ring (bicyclic) bond motifs is 1. The Kier molecular flexibility index (Phi) is 6.86. The SMILES string of the molecule is CCCn1c(=NC(=O)c2ccc(S(=O)(=O)N3CCCC(C)C3)cc2)sc2cc(Cl)ccc21. The van der Waals surface area contributed by atoms with Crippen molar-refractivity contribution < 1.29 is 13.2 Å². The second kappa shape index (κ2) is 9.47. The minimum atomic E-state index is -3.55. The maximum atomic E-state index is 13.0. The van der Waals surface area contributed by atoms with E-state index in [1.54, 1.807) is 16.4 Å². The molecule has 1 amide bonds. The molecule has 170 valence electrons. The molecule has 0 aliphatic carbocycles. The number of piperidine rings is 1. The molecule has 0 N–H and O–H groups in total. The Morgan fingerprint density at radius 3 is 2.66 bits per heavy atom. The predicted molar refractivity (Wildman–Crippen MR) is 129 cm³/mol. The second-order valence-electron chi connectivity index (χ2n) is 8.20. The third-order valence-corrected chi connectivity index (χ3v) is 8.80. The fraction of sp³-hybridized carbons (Fsp3) is 0.391. The van der Waals surface area contributed by atoms with Gasteiger partial charge in [-0.15, -0.1) is 0 Å². The van der Waals surface area contributed by atoms with Gasteiger partial charge in [-0.25, -0.2) is 8.42 Å². The monoisotopic (exact) mass is 491 g/mol. The van der Waals surface area contributed by atoms with Crippen molar-refractivity contribution in [2.24, 2.45) is 10.9 Å². The van der Waals surface area contributed by atoms with Crippen LogP contribution in [0.1, 0.15) is 43.5 Å². The van der Waals surface area contributed by atoms with E-state index in [1.165, 1.54) is 23.5 Å². The van der Waals surface area contributed by atoms with Crippen LogP contribution in [0.3, 0.4) is 0 Å². The fourth-order valence-electron chi connectivity index (χ4n) is 4.01. The van der Waals surface area contributed by atoms with Crippen LogP contribution >= 0.6 is 22.9 Å². The first-order chi connectivity index (χ1) is 15.3. The van der Waals surface area contributed by atoms with Gasteiger partial charge >= 0.3 is 0 Å². The normalized spacial score (nSPS) is 18.3. The van der Waals surface area contributed by atoms with Crippen LogP contribution in [0.15, 0.2) is 52.4 Å². The fourth-order valence-corrected chi connectivity index (χ4v) is 6.94. The molecule has 0 spiro atoms. The Morgan fingerprint density at radius 2 is 1.97 bits per heavy atom. The minimum Gasteiger partial charge on any atom is -0.316 e. The highest BCUT2D eigenvalue weighted by atomic mass is 35.5. The second-order valence-corrected chi connectivity index (χ2v) is 11.6. The van der Waals surface area contributed by atoms with Gasteiger partial charge in [0.05, 0.1) is 15.1 Å². The lowest BCUT2D eigenvalue weighted by atomic mass is 10.0. The molecule has 1 atom stereocenters. The van der Waals surface area contributed by atoms with E-state index in [4.69, 9.17) is 11.6 Å². The number of rotatable bonds is 5. The van der Waals surface area contributed by atoms with Gasteiger partial charge in [0.15, 0.2) is 4.80 Å². The minimum absolute atomic E-state index is 0.209. The molecule has 1 saturated heterocycles. The average molecular weight is 492 g/mol. The van der Waals surface area contributed by atoms with Gasteiger partial charge in [0.2, 0.25) is 10.0 Å². The molecular formula is C23H26ClN3O3S2. The summed E-state index contributed by atoms with van der Waals surface area (Å²) in [6.45, 7) is 5.94. The molecular weight excluding hydrogens is 466 g/mol.